The maximum Gasteiger partial charge on any atom is 0.494 e. The van der Waals surface area contributed by atoms with Gasteiger partial charge in [-0.15, -0.1) is 0 Å². The summed E-state index contributed by atoms with van der Waals surface area (Å²) in [6.45, 7) is -0.886. The van der Waals surface area contributed by atoms with Crippen LogP contribution in [0.4, 0.5) is 0 Å². The molecular formula is C40H33BO10. The number of carbonyl (C=O) groups is 4. The summed E-state index contributed by atoms with van der Waals surface area (Å²) >= 11 is 0. The van der Waals surface area contributed by atoms with Crippen LogP contribution >= 0.6 is 0 Å². The molecule has 5 aromatic carbocycles. The van der Waals surface area contributed by atoms with Crippen LogP contribution < -0.4 is 5.46 Å². The van der Waals surface area contributed by atoms with Crippen LogP contribution in [0.5, 0.6) is 0 Å². The van der Waals surface area contributed by atoms with Gasteiger partial charge in [-0.25, -0.2) is 19.2 Å². The Hall–Kier alpha value is -6.04. The summed E-state index contributed by atoms with van der Waals surface area (Å²) in [6.07, 6.45) is -4.91. The molecule has 5 aromatic rings. The van der Waals surface area contributed by atoms with Crippen LogP contribution in [-0.2, 0) is 28.3 Å². The Balaban J connectivity index is 1.34. The quantitative estimate of drug-likeness (QED) is 0.0914. The second-order valence-corrected chi connectivity index (χ2v) is 11.5. The van der Waals surface area contributed by atoms with Crippen molar-refractivity contribution < 1.29 is 47.4 Å². The monoisotopic (exact) mass is 684 g/mol. The second kappa shape index (κ2) is 17.1. The van der Waals surface area contributed by atoms with Gasteiger partial charge in [0.1, 0.15) is 25.4 Å². The number of carbonyl (C=O) groups excluding carboxylic acids is 4. The van der Waals surface area contributed by atoms with Crippen LogP contribution in [0.3, 0.4) is 0 Å². The molecule has 0 unspecified atom stereocenters. The zero-order valence-corrected chi connectivity index (χ0v) is 27.3. The highest BCUT2D eigenvalue weighted by Gasteiger charge is 2.51. The van der Waals surface area contributed by atoms with E-state index in [0.717, 1.165) is 0 Å². The van der Waals surface area contributed by atoms with Gasteiger partial charge in [-0.2, -0.15) is 0 Å². The van der Waals surface area contributed by atoms with E-state index in [1.165, 1.54) is 0 Å². The Bertz CT molecular complexity index is 1770. The van der Waals surface area contributed by atoms with Crippen molar-refractivity contribution in [2.24, 2.45) is 0 Å². The first kappa shape index (κ1) is 34.8. The molecule has 256 valence electrons. The van der Waals surface area contributed by atoms with Crippen molar-refractivity contribution >= 4 is 36.5 Å². The van der Waals surface area contributed by atoms with Gasteiger partial charge in [-0.05, 0) is 54.0 Å². The lowest BCUT2D eigenvalue weighted by Crippen LogP contribution is -2.49. The first-order valence-electron chi connectivity index (χ1n) is 16.3. The standard InChI is InChI=1S/C40H33BO10/c42-37(28-16-6-1-7-17-28)46-26-33(48-39(44)30-20-10-3-11-21-30)35-36(51-41(50-35)32-24-14-5-15-25-32)34(49-40(45)31-22-12-4-13-23-31)27-47-38(43)29-18-8-2-9-19-29/h1-25,33-36H,26-27H2/t33-,34+,35-,36-/m1/s1. The lowest BCUT2D eigenvalue weighted by Gasteiger charge is -2.31. The van der Waals surface area contributed by atoms with Crippen LogP contribution in [0.25, 0.3) is 0 Å². The second-order valence-electron chi connectivity index (χ2n) is 11.5. The minimum absolute atomic E-state index is 0.246. The highest BCUT2D eigenvalue weighted by atomic mass is 16.7. The Morgan fingerprint density at radius 1 is 0.451 bits per heavy atom. The first-order chi connectivity index (χ1) is 25.0. The van der Waals surface area contributed by atoms with Gasteiger partial charge >= 0.3 is 31.0 Å². The topological polar surface area (TPSA) is 124 Å². The summed E-state index contributed by atoms with van der Waals surface area (Å²) in [7, 11) is -1.02. The highest BCUT2D eigenvalue weighted by Crippen LogP contribution is 2.28. The third-order valence-corrected chi connectivity index (χ3v) is 8.00. The van der Waals surface area contributed by atoms with Gasteiger partial charge in [-0.1, -0.05) is 103 Å². The number of ether oxygens (including phenoxy) is 4. The number of hydrogen-bond donors (Lipinski definition) is 0. The van der Waals surface area contributed by atoms with Crippen LogP contribution in [0.15, 0.2) is 152 Å². The molecule has 1 aliphatic rings. The third-order valence-electron chi connectivity index (χ3n) is 8.00. The van der Waals surface area contributed by atoms with Gasteiger partial charge in [0, 0.05) is 0 Å². The van der Waals surface area contributed by atoms with Gasteiger partial charge in [0.15, 0.2) is 12.2 Å². The molecule has 0 radical (unpaired) electrons. The largest absolute Gasteiger partial charge is 0.494 e. The van der Waals surface area contributed by atoms with Crippen molar-refractivity contribution in [1.29, 1.82) is 0 Å². The number of benzene rings is 5. The normalized spacial score (nSPS) is 16.4. The van der Waals surface area contributed by atoms with E-state index < -0.39 is 68.6 Å². The Morgan fingerprint density at radius 2 is 0.745 bits per heavy atom. The molecule has 10 nitrogen and oxygen atoms in total. The van der Waals surface area contributed by atoms with Crippen molar-refractivity contribution in [3.05, 3.63) is 174 Å². The summed E-state index contributed by atoms with van der Waals surface area (Å²) in [5, 5.41) is 0. The predicted molar refractivity (Wildman–Crippen MR) is 186 cm³/mol. The van der Waals surface area contributed by atoms with E-state index in [1.807, 2.05) is 6.07 Å². The first-order valence-corrected chi connectivity index (χ1v) is 16.3. The summed E-state index contributed by atoms with van der Waals surface area (Å²) in [6, 6.07) is 42.3. The summed E-state index contributed by atoms with van der Waals surface area (Å²) in [5.41, 5.74) is 1.69. The molecule has 0 aromatic heterocycles. The van der Waals surface area contributed by atoms with E-state index in [4.69, 9.17) is 28.3 Å². The maximum absolute atomic E-state index is 13.5. The van der Waals surface area contributed by atoms with Gasteiger partial charge in [0.05, 0.1) is 22.3 Å². The van der Waals surface area contributed by atoms with E-state index in [1.54, 1.807) is 146 Å². The maximum atomic E-state index is 13.5. The van der Waals surface area contributed by atoms with Gasteiger partial charge in [0.2, 0.25) is 0 Å². The molecule has 0 amide bonds. The van der Waals surface area contributed by atoms with Gasteiger partial charge < -0.3 is 28.3 Å². The number of hydrogen-bond acceptors (Lipinski definition) is 10. The van der Waals surface area contributed by atoms with Crippen LogP contribution in [-0.4, -0.2) is 68.6 Å². The molecule has 1 heterocycles. The van der Waals surface area contributed by atoms with Crippen molar-refractivity contribution in [3.8, 4) is 0 Å². The minimum Gasteiger partial charge on any atom is -0.458 e. The van der Waals surface area contributed by atoms with E-state index in [-0.39, 0.29) is 22.3 Å². The fourth-order valence-electron chi connectivity index (χ4n) is 5.42. The predicted octanol–water partition coefficient (Wildman–Crippen LogP) is 5.33. The molecule has 1 fully saturated rings. The number of esters is 4. The Kier molecular flexibility index (Phi) is 11.6. The SMILES string of the molecule is O=C(OC[C@H](OC(=O)c1ccccc1)[C@H]1OB(c2ccccc2)O[C@@H]1[C@@H](COC(=O)c1ccccc1)OC(=O)c1ccccc1)c1ccccc1. The zero-order chi connectivity index (χ0) is 35.4. The fraction of sp³-hybridized carbons (Fsp3) is 0.150. The molecular weight excluding hydrogens is 651 g/mol. The van der Waals surface area contributed by atoms with E-state index >= 15 is 0 Å². The van der Waals surface area contributed by atoms with Crippen molar-refractivity contribution in [2.75, 3.05) is 13.2 Å². The van der Waals surface area contributed by atoms with Crippen molar-refractivity contribution in [3.63, 3.8) is 0 Å². The molecule has 0 saturated carbocycles. The molecule has 0 spiro atoms. The summed E-state index contributed by atoms with van der Waals surface area (Å²) < 4.78 is 36.2. The van der Waals surface area contributed by atoms with Gasteiger partial charge in [-0.3, -0.25) is 0 Å². The van der Waals surface area contributed by atoms with E-state index in [9.17, 15) is 19.2 Å². The van der Waals surface area contributed by atoms with Crippen LogP contribution in [0.1, 0.15) is 41.4 Å². The van der Waals surface area contributed by atoms with Crippen LogP contribution in [0, 0.1) is 0 Å². The molecule has 11 heteroatoms. The lowest BCUT2D eigenvalue weighted by atomic mass is 9.79. The highest BCUT2D eigenvalue weighted by molar-refractivity contribution is 6.61. The lowest BCUT2D eigenvalue weighted by molar-refractivity contribution is -0.0839. The molecule has 51 heavy (non-hydrogen) atoms. The average molecular weight is 685 g/mol. The minimum atomic E-state index is -1.27. The molecule has 1 aliphatic heterocycles. The van der Waals surface area contributed by atoms with Crippen molar-refractivity contribution in [1.82, 2.24) is 0 Å². The summed E-state index contributed by atoms with van der Waals surface area (Å²) in [5.74, 6) is -2.74. The van der Waals surface area contributed by atoms with E-state index in [0.29, 0.717) is 5.46 Å². The van der Waals surface area contributed by atoms with Crippen molar-refractivity contribution in [2.45, 2.75) is 24.4 Å². The molecule has 0 bridgehead atoms. The van der Waals surface area contributed by atoms with Crippen LogP contribution in [0.2, 0.25) is 0 Å². The Morgan fingerprint density at radius 3 is 1.08 bits per heavy atom. The third kappa shape index (κ3) is 9.15. The Labute approximate surface area is 295 Å². The fourth-order valence-corrected chi connectivity index (χ4v) is 5.42. The smallest absolute Gasteiger partial charge is 0.458 e. The van der Waals surface area contributed by atoms with E-state index in [2.05, 4.69) is 0 Å². The molecule has 1 saturated heterocycles. The molecule has 4 atom stereocenters. The van der Waals surface area contributed by atoms with Gasteiger partial charge in [0.25, 0.3) is 0 Å². The molecule has 6 rings (SSSR count). The molecule has 0 N–H and O–H groups in total. The average Bonchev–Trinajstić information content (AvgIpc) is 3.64. The molecule has 0 aliphatic carbocycles. The number of rotatable bonds is 13. The zero-order valence-electron chi connectivity index (χ0n) is 27.3. The summed E-state index contributed by atoms with van der Waals surface area (Å²) in [4.78, 5) is 53.1.